The van der Waals surface area contributed by atoms with Gasteiger partial charge in [0.25, 0.3) is 5.56 Å². The van der Waals surface area contributed by atoms with Crippen LogP contribution in [0, 0.1) is 20.8 Å². The molecule has 36 heavy (non-hydrogen) atoms. The second kappa shape index (κ2) is 9.20. The van der Waals surface area contributed by atoms with Crippen LogP contribution < -0.4 is 15.0 Å². The number of hydrogen-bond donors (Lipinski definition) is 0. The Morgan fingerprint density at radius 3 is 2.44 bits per heavy atom. The summed E-state index contributed by atoms with van der Waals surface area (Å²) in [6.07, 6.45) is 0. The Balaban J connectivity index is 1.41. The van der Waals surface area contributed by atoms with Gasteiger partial charge in [0, 0.05) is 30.5 Å². The van der Waals surface area contributed by atoms with Crippen LogP contribution >= 0.6 is 0 Å². The van der Waals surface area contributed by atoms with Crippen LogP contribution in [0.1, 0.15) is 33.0 Å². The number of aromatic nitrogens is 3. The van der Waals surface area contributed by atoms with Gasteiger partial charge < -0.3 is 14.0 Å². The molecule has 0 spiro atoms. The highest BCUT2D eigenvalue weighted by Crippen LogP contribution is 2.32. The third kappa shape index (κ3) is 4.03. The van der Waals surface area contributed by atoms with Crippen LogP contribution in [-0.4, -0.2) is 45.0 Å². The van der Waals surface area contributed by atoms with Crippen molar-refractivity contribution in [1.82, 2.24) is 18.8 Å². The predicted octanol–water partition coefficient (Wildman–Crippen LogP) is 3.94. The average Bonchev–Trinajstić information content (AvgIpc) is 3.49. The van der Waals surface area contributed by atoms with E-state index in [0.29, 0.717) is 17.8 Å². The lowest BCUT2D eigenvalue weighted by Gasteiger charge is -2.16. The molecule has 2 aromatic carbocycles. The Bertz CT molecular complexity index is 1510. The molecule has 0 saturated carbocycles. The van der Waals surface area contributed by atoms with Gasteiger partial charge in [-0.2, -0.15) is 0 Å². The lowest BCUT2D eigenvalue weighted by atomic mass is 10.1. The molecule has 8 nitrogen and oxygen atoms in total. The molecule has 0 N–H and O–H groups in total. The minimum Gasteiger partial charge on any atom is -0.454 e. The number of ether oxygens (including phenoxy) is 2. The summed E-state index contributed by atoms with van der Waals surface area (Å²) in [6.45, 7) is 6.84. The molecule has 1 aliphatic heterocycles. The second-order valence-corrected chi connectivity index (χ2v) is 9.31. The summed E-state index contributed by atoms with van der Waals surface area (Å²) >= 11 is 0. The highest BCUT2D eigenvalue weighted by molar-refractivity contribution is 5.99. The fourth-order valence-electron chi connectivity index (χ4n) is 4.94. The molecule has 3 heterocycles. The Kier molecular flexibility index (Phi) is 6.05. The van der Waals surface area contributed by atoms with Crippen LogP contribution in [0.4, 0.5) is 0 Å². The van der Waals surface area contributed by atoms with Crippen molar-refractivity contribution in [3.8, 4) is 22.9 Å². The number of rotatable bonds is 7. The Hall–Kier alpha value is -4.04. The largest absolute Gasteiger partial charge is 0.454 e. The number of Topliss-reactive ketones (excluding diaryl/α,β-unsaturated/α-hetero) is 1. The number of ketones is 1. The number of nitrogens with zero attached hydrogens (tertiary/aromatic N) is 4. The molecule has 0 unspecified atom stereocenters. The summed E-state index contributed by atoms with van der Waals surface area (Å²) in [5.41, 5.74) is 5.33. The summed E-state index contributed by atoms with van der Waals surface area (Å²) in [7, 11) is 3.79. The maximum absolute atomic E-state index is 13.6. The molecule has 0 amide bonds. The van der Waals surface area contributed by atoms with E-state index in [9.17, 15) is 9.59 Å². The molecule has 2 aromatic heterocycles. The monoisotopic (exact) mass is 486 g/mol. The minimum atomic E-state index is -0.123. The number of hydrogen-bond acceptors (Lipinski definition) is 5. The zero-order valence-corrected chi connectivity index (χ0v) is 21.2. The summed E-state index contributed by atoms with van der Waals surface area (Å²) < 4.78 is 16.3. The van der Waals surface area contributed by atoms with Crippen molar-refractivity contribution in [3.63, 3.8) is 0 Å². The van der Waals surface area contributed by atoms with Crippen molar-refractivity contribution < 1.29 is 14.3 Å². The molecule has 5 rings (SSSR count). The second-order valence-electron chi connectivity index (χ2n) is 9.31. The molecular weight excluding hydrogens is 456 g/mol. The van der Waals surface area contributed by atoms with Gasteiger partial charge in [0.05, 0.1) is 17.9 Å². The van der Waals surface area contributed by atoms with Crippen molar-refractivity contribution in [1.29, 1.82) is 0 Å². The Labute approximate surface area is 209 Å². The third-order valence-electron chi connectivity index (χ3n) is 6.78. The number of benzene rings is 2. The number of likely N-dealkylation sites (N-methyl/N-ethyl adjacent to an activating group) is 1. The van der Waals surface area contributed by atoms with Gasteiger partial charge in [-0.25, -0.2) is 4.68 Å². The lowest BCUT2D eigenvalue weighted by molar-refractivity contribution is 0.0942. The van der Waals surface area contributed by atoms with Gasteiger partial charge in [-0.15, -0.1) is 0 Å². The first-order chi connectivity index (χ1) is 17.3. The number of carbonyl (C=O) groups is 1. The van der Waals surface area contributed by atoms with Crippen molar-refractivity contribution in [2.75, 3.05) is 20.4 Å². The van der Waals surface area contributed by atoms with Crippen molar-refractivity contribution in [2.45, 2.75) is 27.3 Å². The van der Waals surface area contributed by atoms with Gasteiger partial charge in [0.15, 0.2) is 17.3 Å². The topological polar surface area (TPSA) is 70.6 Å². The molecular formula is C28H30N4O4. The van der Waals surface area contributed by atoms with Gasteiger partial charge in [0.2, 0.25) is 6.79 Å². The van der Waals surface area contributed by atoms with E-state index in [1.165, 1.54) is 0 Å². The number of carbonyl (C=O) groups excluding carboxylic acids is 1. The molecule has 0 aliphatic carbocycles. The first-order valence-electron chi connectivity index (χ1n) is 11.9. The Morgan fingerprint density at radius 1 is 0.972 bits per heavy atom. The van der Waals surface area contributed by atoms with Crippen LogP contribution in [0.5, 0.6) is 11.5 Å². The highest BCUT2D eigenvalue weighted by Gasteiger charge is 2.24. The predicted molar refractivity (Wildman–Crippen MR) is 138 cm³/mol. The van der Waals surface area contributed by atoms with E-state index in [0.717, 1.165) is 39.8 Å². The quantitative estimate of drug-likeness (QED) is 0.370. The molecule has 0 saturated heterocycles. The highest BCUT2D eigenvalue weighted by atomic mass is 16.7. The Morgan fingerprint density at radius 2 is 1.69 bits per heavy atom. The van der Waals surface area contributed by atoms with Crippen molar-refractivity contribution in [3.05, 3.63) is 93.2 Å². The lowest BCUT2D eigenvalue weighted by Crippen LogP contribution is -2.26. The summed E-state index contributed by atoms with van der Waals surface area (Å²) in [4.78, 5) is 28.9. The minimum absolute atomic E-state index is 0.00885. The van der Waals surface area contributed by atoms with Crippen LogP contribution in [0.15, 0.2) is 59.4 Å². The average molecular weight is 487 g/mol. The smallest absolute Gasteiger partial charge is 0.295 e. The number of fused-ring (bicyclic) bond motifs is 1. The molecule has 1 aliphatic rings. The standard InChI is InChI=1S/C28H30N4O4/c1-18-13-23(24(33)16-29(4)15-21-11-12-25-26(14-21)36-17-35-25)19(2)31(18)27-20(3)30(5)32(28(27)34)22-9-7-6-8-10-22/h6-14H,15-17H2,1-5H3. The molecule has 0 fully saturated rings. The number of aryl methyl sites for hydroxylation is 1. The summed E-state index contributed by atoms with van der Waals surface area (Å²) in [5, 5.41) is 0. The van der Waals surface area contributed by atoms with E-state index < -0.39 is 0 Å². The van der Waals surface area contributed by atoms with E-state index in [4.69, 9.17) is 9.47 Å². The SMILES string of the molecule is Cc1cc(C(=O)CN(C)Cc2ccc3c(c2)OCO3)c(C)n1-c1c(C)n(C)n(-c2ccccc2)c1=O. The van der Waals surface area contributed by atoms with Crippen LogP contribution in [0.2, 0.25) is 0 Å². The molecule has 0 atom stereocenters. The van der Waals surface area contributed by atoms with Gasteiger partial charge in [-0.3, -0.25) is 19.2 Å². The third-order valence-corrected chi connectivity index (χ3v) is 6.78. The van der Waals surface area contributed by atoms with Gasteiger partial charge in [0.1, 0.15) is 5.69 Å². The van der Waals surface area contributed by atoms with Crippen molar-refractivity contribution >= 4 is 5.78 Å². The summed E-state index contributed by atoms with van der Waals surface area (Å²) in [5.74, 6) is 1.48. The molecule has 0 bridgehead atoms. The van der Waals surface area contributed by atoms with E-state index in [1.807, 2.05) is 104 Å². The van der Waals surface area contributed by atoms with Gasteiger partial charge >= 0.3 is 0 Å². The normalized spacial score (nSPS) is 12.5. The van der Waals surface area contributed by atoms with E-state index >= 15 is 0 Å². The fourth-order valence-corrected chi connectivity index (χ4v) is 4.94. The van der Waals surface area contributed by atoms with E-state index in [-0.39, 0.29) is 24.7 Å². The first-order valence-corrected chi connectivity index (χ1v) is 11.9. The van der Waals surface area contributed by atoms with Gasteiger partial charge in [-0.05, 0) is 63.7 Å². The molecule has 186 valence electrons. The number of para-hydroxylation sites is 1. The van der Waals surface area contributed by atoms with Gasteiger partial charge in [-0.1, -0.05) is 24.3 Å². The fraction of sp³-hybridized carbons (Fsp3) is 0.286. The first kappa shape index (κ1) is 23.7. The van der Waals surface area contributed by atoms with Crippen molar-refractivity contribution in [2.24, 2.45) is 7.05 Å². The van der Waals surface area contributed by atoms with Crippen LogP contribution in [0.3, 0.4) is 0 Å². The molecule has 8 heteroatoms. The van der Waals surface area contributed by atoms with Crippen LogP contribution in [0.25, 0.3) is 11.4 Å². The molecule has 0 radical (unpaired) electrons. The summed E-state index contributed by atoms with van der Waals surface area (Å²) in [6, 6.07) is 17.3. The van der Waals surface area contributed by atoms with E-state index in [1.54, 1.807) is 4.68 Å². The van der Waals surface area contributed by atoms with E-state index in [2.05, 4.69) is 0 Å². The zero-order valence-electron chi connectivity index (χ0n) is 21.2. The zero-order chi connectivity index (χ0) is 25.6. The maximum atomic E-state index is 13.6. The molecule has 4 aromatic rings. The van der Waals surface area contributed by atoms with Crippen LogP contribution in [-0.2, 0) is 13.6 Å². The maximum Gasteiger partial charge on any atom is 0.295 e.